The summed E-state index contributed by atoms with van der Waals surface area (Å²) in [5, 5.41) is 13.5. The molecule has 2 aromatic rings. The molecule has 0 aliphatic heterocycles. The van der Waals surface area contributed by atoms with Crippen LogP contribution in [0.25, 0.3) is 0 Å². The highest BCUT2D eigenvalue weighted by atomic mass is 35.5. The maximum absolute atomic E-state index is 9.26. The number of hydrogen-bond acceptors (Lipinski definition) is 3. The molecule has 0 atom stereocenters. The summed E-state index contributed by atoms with van der Waals surface area (Å²) >= 11 is 13.4. The Morgan fingerprint density at radius 3 is 2.42 bits per heavy atom. The zero-order chi connectivity index (χ0) is 13.8. The SMILES string of the molecule is CSc1cccc(Nc2cc(Cl)cc(Cl)c2)c1C#N. The number of nitriles is 1. The van der Waals surface area contributed by atoms with E-state index in [-0.39, 0.29) is 0 Å². The first-order valence-electron chi connectivity index (χ1n) is 5.44. The number of benzene rings is 2. The van der Waals surface area contributed by atoms with Crippen LogP contribution < -0.4 is 5.32 Å². The molecule has 0 saturated heterocycles. The van der Waals surface area contributed by atoms with Crippen molar-refractivity contribution in [3.63, 3.8) is 0 Å². The fourth-order valence-corrected chi connectivity index (χ4v) is 2.80. The minimum atomic E-state index is 0.550. The predicted octanol–water partition coefficient (Wildman–Crippen LogP) is 5.33. The van der Waals surface area contributed by atoms with Crippen molar-refractivity contribution in [2.24, 2.45) is 0 Å². The summed E-state index contributed by atoms with van der Waals surface area (Å²) in [6, 6.07) is 13.1. The van der Waals surface area contributed by atoms with E-state index in [1.807, 2.05) is 24.5 Å². The molecule has 1 N–H and O–H groups in total. The number of rotatable bonds is 3. The smallest absolute Gasteiger partial charge is 0.103 e. The molecule has 0 radical (unpaired) electrons. The van der Waals surface area contributed by atoms with E-state index >= 15 is 0 Å². The van der Waals surface area contributed by atoms with Gasteiger partial charge in [-0.05, 0) is 36.6 Å². The monoisotopic (exact) mass is 308 g/mol. The van der Waals surface area contributed by atoms with Crippen molar-refractivity contribution in [2.45, 2.75) is 4.90 Å². The van der Waals surface area contributed by atoms with Gasteiger partial charge in [0.1, 0.15) is 6.07 Å². The van der Waals surface area contributed by atoms with E-state index in [4.69, 9.17) is 23.2 Å². The quantitative estimate of drug-likeness (QED) is 0.778. The van der Waals surface area contributed by atoms with Crippen LogP contribution in [0.5, 0.6) is 0 Å². The fourth-order valence-electron chi connectivity index (χ4n) is 1.70. The van der Waals surface area contributed by atoms with Gasteiger partial charge in [0.15, 0.2) is 0 Å². The van der Waals surface area contributed by atoms with Crippen LogP contribution in [0.2, 0.25) is 10.0 Å². The van der Waals surface area contributed by atoms with Crippen molar-refractivity contribution in [1.82, 2.24) is 0 Å². The first kappa shape index (κ1) is 14.1. The molecule has 2 aromatic carbocycles. The molecule has 0 fully saturated rings. The van der Waals surface area contributed by atoms with E-state index in [9.17, 15) is 5.26 Å². The van der Waals surface area contributed by atoms with Crippen LogP contribution in [-0.2, 0) is 0 Å². The van der Waals surface area contributed by atoms with Crippen LogP contribution in [0, 0.1) is 11.3 Å². The Morgan fingerprint density at radius 2 is 1.84 bits per heavy atom. The van der Waals surface area contributed by atoms with Crippen molar-refractivity contribution in [2.75, 3.05) is 11.6 Å². The summed E-state index contributed by atoms with van der Waals surface area (Å²) < 4.78 is 0. The Labute approximate surface area is 126 Å². The Bertz CT molecular complexity index is 630. The summed E-state index contributed by atoms with van der Waals surface area (Å²) in [5.74, 6) is 0. The minimum Gasteiger partial charge on any atom is -0.354 e. The van der Waals surface area contributed by atoms with Gasteiger partial charge in [0.05, 0.1) is 11.3 Å². The molecule has 5 heteroatoms. The second-order valence-electron chi connectivity index (χ2n) is 3.78. The highest BCUT2D eigenvalue weighted by molar-refractivity contribution is 7.98. The second kappa shape index (κ2) is 6.21. The molecule has 19 heavy (non-hydrogen) atoms. The lowest BCUT2D eigenvalue weighted by atomic mass is 10.2. The van der Waals surface area contributed by atoms with Crippen LogP contribution in [0.4, 0.5) is 11.4 Å². The molecule has 0 bridgehead atoms. The molecule has 0 amide bonds. The fraction of sp³-hybridized carbons (Fsp3) is 0.0714. The van der Waals surface area contributed by atoms with Crippen molar-refractivity contribution < 1.29 is 0 Å². The van der Waals surface area contributed by atoms with Crippen LogP contribution in [-0.4, -0.2) is 6.26 Å². The largest absolute Gasteiger partial charge is 0.354 e. The van der Waals surface area contributed by atoms with Crippen LogP contribution >= 0.6 is 35.0 Å². The van der Waals surface area contributed by atoms with Gasteiger partial charge in [0.25, 0.3) is 0 Å². The third-order valence-electron chi connectivity index (χ3n) is 2.50. The number of halogens is 2. The third kappa shape index (κ3) is 3.36. The number of anilines is 2. The number of nitrogens with zero attached hydrogens (tertiary/aromatic N) is 1. The van der Waals surface area contributed by atoms with Crippen LogP contribution in [0.3, 0.4) is 0 Å². The topological polar surface area (TPSA) is 35.8 Å². The van der Waals surface area contributed by atoms with Crippen molar-refractivity contribution in [3.05, 3.63) is 52.0 Å². The molecule has 2 rings (SSSR count). The highest BCUT2D eigenvalue weighted by Gasteiger charge is 2.08. The Morgan fingerprint density at radius 1 is 1.16 bits per heavy atom. The van der Waals surface area contributed by atoms with Gasteiger partial charge in [-0.25, -0.2) is 0 Å². The molecule has 0 heterocycles. The van der Waals surface area contributed by atoms with Crippen molar-refractivity contribution >= 4 is 46.3 Å². The molecule has 0 unspecified atom stereocenters. The summed E-state index contributed by atoms with van der Waals surface area (Å²) in [5.41, 5.74) is 2.12. The molecule has 0 spiro atoms. The lowest BCUT2D eigenvalue weighted by Crippen LogP contribution is -1.95. The average Bonchev–Trinajstić information content (AvgIpc) is 2.37. The first-order chi connectivity index (χ1) is 9.13. The van der Waals surface area contributed by atoms with Crippen molar-refractivity contribution in [3.8, 4) is 6.07 Å². The lowest BCUT2D eigenvalue weighted by molar-refractivity contribution is 1.36. The normalized spacial score (nSPS) is 10.0. The molecule has 0 saturated carbocycles. The van der Waals surface area contributed by atoms with Gasteiger partial charge in [0, 0.05) is 20.6 Å². The van der Waals surface area contributed by atoms with Crippen LogP contribution in [0.15, 0.2) is 41.3 Å². The Balaban J connectivity index is 2.41. The van der Waals surface area contributed by atoms with E-state index in [1.54, 1.807) is 18.2 Å². The lowest BCUT2D eigenvalue weighted by Gasteiger charge is -2.11. The van der Waals surface area contributed by atoms with E-state index in [2.05, 4.69) is 11.4 Å². The van der Waals surface area contributed by atoms with E-state index in [1.165, 1.54) is 11.8 Å². The highest BCUT2D eigenvalue weighted by Crippen LogP contribution is 2.30. The summed E-state index contributed by atoms with van der Waals surface area (Å²) in [4.78, 5) is 0.931. The van der Waals surface area contributed by atoms with Gasteiger partial charge < -0.3 is 5.32 Å². The standard InChI is InChI=1S/C14H10Cl2N2S/c1-19-14-4-2-3-13(12(14)8-17)18-11-6-9(15)5-10(16)7-11/h2-7,18H,1H3. The maximum atomic E-state index is 9.26. The molecule has 96 valence electrons. The summed E-state index contributed by atoms with van der Waals surface area (Å²) in [6.07, 6.45) is 1.94. The number of hydrogen-bond donors (Lipinski definition) is 1. The summed E-state index contributed by atoms with van der Waals surface area (Å²) in [6.45, 7) is 0. The number of nitrogens with one attached hydrogen (secondary N) is 1. The first-order valence-corrected chi connectivity index (χ1v) is 7.42. The minimum absolute atomic E-state index is 0.550. The molecule has 0 aliphatic rings. The molecular weight excluding hydrogens is 299 g/mol. The van der Waals surface area contributed by atoms with Gasteiger partial charge in [0.2, 0.25) is 0 Å². The maximum Gasteiger partial charge on any atom is 0.103 e. The van der Waals surface area contributed by atoms with Gasteiger partial charge in [-0.3, -0.25) is 0 Å². The molecule has 0 aromatic heterocycles. The molecule has 2 nitrogen and oxygen atoms in total. The van der Waals surface area contributed by atoms with Crippen molar-refractivity contribution in [1.29, 1.82) is 5.26 Å². The predicted molar refractivity (Wildman–Crippen MR) is 82.7 cm³/mol. The number of thioether (sulfide) groups is 1. The van der Waals surface area contributed by atoms with Gasteiger partial charge in [-0.15, -0.1) is 11.8 Å². The Hall–Kier alpha value is -1.34. The molecule has 0 aliphatic carbocycles. The second-order valence-corrected chi connectivity index (χ2v) is 5.50. The van der Waals surface area contributed by atoms with Gasteiger partial charge >= 0.3 is 0 Å². The summed E-state index contributed by atoms with van der Waals surface area (Å²) in [7, 11) is 0. The average molecular weight is 309 g/mol. The van der Waals surface area contributed by atoms with Gasteiger partial charge in [-0.1, -0.05) is 29.3 Å². The third-order valence-corrected chi connectivity index (χ3v) is 3.72. The molecular formula is C14H10Cl2N2S. The zero-order valence-electron chi connectivity index (χ0n) is 10.1. The van der Waals surface area contributed by atoms with E-state index in [0.29, 0.717) is 15.6 Å². The van der Waals surface area contributed by atoms with E-state index < -0.39 is 0 Å². The van der Waals surface area contributed by atoms with Crippen LogP contribution in [0.1, 0.15) is 5.56 Å². The van der Waals surface area contributed by atoms with Gasteiger partial charge in [-0.2, -0.15) is 5.26 Å². The zero-order valence-corrected chi connectivity index (χ0v) is 12.4. The van der Waals surface area contributed by atoms with E-state index in [0.717, 1.165) is 16.3 Å². The Kier molecular flexibility index (Phi) is 4.60.